The van der Waals surface area contributed by atoms with Crippen molar-refractivity contribution in [2.24, 2.45) is 10.1 Å². The molecule has 0 saturated carbocycles. The average molecular weight is 349 g/mol. The Hall–Kier alpha value is -0.538. The Labute approximate surface area is 115 Å². The summed E-state index contributed by atoms with van der Waals surface area (Å²) < 4.78 is 0. The minimum absolute atomic E-state index is 0.389. The van der Waals surface area contributed by atoms with Gasteiger partial charge in [-0.1, -0.05) is 6.07 Å². The van der Waals surface area contributed by atoms with E-state index in [4.69, 9.17) is 12.6 Å². The molecule has 1 aromatic heterocycles. The summed E-state index contributed by atoms with van der Waals surface area (Å²) in [5.41, 5.74) is 3.40. The number of hydrazone groups is 1. The maximum atomic E-state index is 4.86. The van der Waals surface area contributed by atoms with Crippen molar-refractivity contribution < 1.29 is 18.2 Å². The van der Waals surface area contributed by atoms with Gasteiger partial charge in [-0.25, -0.2) is 0 Å². The van der Waals surface area contributed by atoms with E-state index in [1.807, 2.05) is 25.1 Å². The molecule has 1 heterocycles. The fourth-order valence-corrected chi connectivity index (χ4v) is 0.967. The number of hydrogen-bond acceptors (Lipinski definition) is 4. The predicted molar refractivity (Wildman–Crippen MR) is 66.2 cm³/mol. The van der Waals surface area contributed by atoms with Crippen LogP contribution in [0.15, 0.2) is 34.5 Å². The summed E-state index contributed by atoms with van der Waals surface area (Å²) in [5, 5.41) is 4.28. The molecular formula is C9H11ClN4PdS. The molecule has 1 N–H and O–H groups in total. The van der Waals surface area contributed by atoms with Crippen LogP contribution in [0.4, 0.5) is 0 Å². The van der Waals surface area contributed by atoms with Gasteiger partial charge in [-0.15, -0.1) is 0 Å². The molecule has 0 aromatic carbocycles. The Balaban J connectivity index is 0.00000106. The third-order valence-corrected chi connectivity index (χ3v) is 1.57. The molecule has 0 radical (unpaired) electrons. The summed E-state index contributed by atoms with van der Waals surface area (Å²) >= 11 is 7.08. The molecule has 0 fully saturated rings. The zero-order valence-corrected chi connectivity index (χ0v) is 11.7. The van der Waals surface area contributed by atoms with E-state index < -0.39 is 0 Å². The molecule has 0 bridgehead atoms. The number of amidine groups is 1. The molecule has 0 aliphatic carbocycles. The second-order valence-electron chi connectivity index (χ2n) is 2.40. The SMILES string of the molecule is CCN=C([S-])N/N=C/c1ccccn1.[Cl][Pd+]. The third-order valence-electron chi connectivity index (χ3n) is 1.35. The summed E-state index contributed by atoms with van der Waals surface area (Å²) in [5.74, 6) is 0. The zero-order chi connectivity index (χ0) is 12.2. The molecule has 16 heavy (non-hydrogen) atoms. The Bertz CT molecular complexity index is 332. The number of nitrogens with zero attached hydrogens (tertiary/aromatic N) is 3. The second kappa shape index (κ2) is 11.0. The summed E-state index contributed by atoms with van der Waals surface area (Å²) in [6.45, 7) is 2.57. The van der Waals surface area contributed by atoms with Crippen LogP contribution in [0.5, 0.6) is 0 Å². The van der Waals surface area contributed by atoms with E-state index in [0.717, 1.165) is 5.69 Å². The van der Waals surface area contributed by atoms with Crippen LogP contribution in [0.2, 0.25) is 0 Å². The van der Waals surface area contributed by atoms with Gasteiger partial charge in [0.15, 0.2) is 0 Å². The van der Waals surface area contributed by atoms with E-state index in [1.165, 1.54) is 0 Å². The van der Waals surface area contributed by atoms with Crippen molar-refractivity contribution >= 4 is 33.5 Å². The number of hydrogen-bond donors (Lipinski definition) is 1. The first kappa shape index (κ1) is 15.5. The first-order valence-electron chi connectivity index (χ1n) is 4.36. The molecule has 4 nitrogen and oxygen atoms in total. The van der Waals surface area contributed by atoms with Crippen LogP contribution in [-0.4, -0.2) is 22.9 Å². The third kappa shape index (κ3) is 7.72. The second-order valence-corrected chi connectivity index (χ2v) is 2.79. The van der Waals surface area contributed by atoms with Crippen LogP contribution in [0.1, 0.15) is 12.6 Å². The summed E-state index contributed by atoms with van der Waals surface area (Å²) in [6.07, 6.45) is 3.30. The number of rotatable bonds is 3. The summed E-state index contributed by atoms with van der Waals surface area (Å²) in [6, 6.07) is 5.59. The molecule has 0 aliphatic heterocycles. The van der Waals surface area contributed by atoms with Crippen molar-refractivity contribution in [1.82, 2.24) is 10.4 Å². The van der Waals surface area contributed by atoms with Crippen LogP contribution in [-0.2, 0) is 30.8 Å². The van der Waals surface area contributed by atoms with E-state index in [2.05, 4.69) is 48.2 Å². The molecule has 0 spiro atoms. The van der Waals surface area contributed by atoms with Crippen molar-refractivity contribution in [2.45, 2.75) is 6.92 Å². The van der Waals surface area contributed by atoms with Crippen molar-refractivity contribution in [3.05, 3.63) is 30.1 Å². The quantitative estimate of drug-likeness (QED) is 0.297. The van der Waals surface area contributed by atoms with Gasteiger partial charge in [-0.2, -0.15) is 5.10 Å². The van der Waals surface area contributed by atoms with Crippen LogP contribution in [0.3, 0.4) is 0 Å². The molecule has 0 unspecified atom stereocenters. The van der Waals surface area contributed by atoms with Crippen LogP contribution >= 0.6 is 9.53 Å². The van der Waals surface area contributed by atoms with Crippen molar-refractivity contribution in [2.75, 3.05) is 6.54 Å². The monoisotopic (exact) mass is 348 g/mol. The van der Waals surface area contributed by atoms with Crippen molar-refractivity contribution in [1.29, 1.82) is 0 Å². The number of aliphatic imine (C=N–C) groups is 1. The number of halogens is 1. The number of aromatic nitrogens is 1. The van der Waals surface area contributed by atoms with Gasteiger partial charge in [0.1, 0.15) is 0 Å². The van der Waals surface area contributed by atoms with E-state index in [9.17, 15) is 0 Å². The standard InChI is InChI=1S/C9H12N4S.ClH.Pd/c1-2-10-9(14)13-12-7-8-5-3-4-6-11-8;;/h3-7H,2H2,1H3,(H2,10,13,14);1H;/q;;+2/p-2/b12-7+;;. The van der Waals surface area contributed by atoms with E-state index in [1.54, 1.807) is 12.4 Å². The molecule has 1 rings (SSSR count). The zero-order valence-electron chi connectivity index (χ0n) is 8.54. The van der Waals surface area contributed by atoms with Crippen molar-refractivity contribution in [3.8, 4) is 0 Å². The summed E-state index contributed by atoms with van der Waals surface area (Å²) in [7, 11) is 4.49. The van der Waals surface area contributed by atoms with Crippen LogP contribution < -0.4 is 5.43 Å². The topological polar surface area (TPSA) is 49.6 Å². The molecular weight excluding hydrogens is 338 g/mol. The molecule has 0 atom stereocenters. The number of pyridine rings is 1. The fraction of sp³-hybridized carbons (Fsp3) is 0.222. The van der Waals surface area contributed by atoms with E-state index in [-0.39, 0.29) is 0 Å². The van der Waals surface area contributed by atoms with Gasteiger partial charge in [0.2, 0.25) is 0 Å². The predicted octanol–water partition coefficient (Wildman–Crippen LogP) is 1.61. The Morgan fingerprint density at radius 1 is 1.62 bits per heavy atom. The molecule has 1 aromatic rings. The average Bonchev–Trinajstić information content (AvgIpc) is 2.33. The van der Waals surface area contributed by atoms with Gasteiger partial charge >= 0.3 is 27.7 Å². The first-order valence-corrected chi connectivity index (χ1v) is 6.77. The minimum atomic E-state index is 0.389. The van der Waals surface area contributed by atoms with Crippen LogP contribution in [0.25, 0.3) is 0 Å². The van der Waals surface area contributed by atoms with Crippen LogP contribution in [0, 0.1) is 0 Å². The Morgan fingerprint density at radius 3 is 2.94 bits per heavy atom. The van der Waals surface area contributed by atoms with Gasteiger partial charge in [0.05, 0.1) is 11.9 Å². The van der Waals surface area contributed by atoms with Gasteiger partial charge in [0.25, 0.3) is 0 Å². The Kier molecular flexibility index (Phi) is 10.6. The van der Waals surface area contributed by atoms with Gasteiger partial charge in [-0.05, 0) is 24.2 Å². The molecule has 90 valence electrons. The maximum absolute atomic E-state index is 4.86. The van der Waals surface area contributed by atoms with Crippen molar-refractivity contribution in [3.63, 3.8) is 0 Å². The summed E-state index contributed by atoms with van der Waals surface area (Å²) in [4.78, 5) is 8.00. The van der Waals surface area contributed by atoms with E-state index >= 15 is 0 Å². The fourth-order valence-electron chi connectivity index (χ4n) is 0.785. The Morgan fingerprint density at radius 2 is 2.38 bits per heavy atom. The normalized spacial score (nSPS) is 10.9. The van der Waals surface area contributed by atoms with E-state index in [0.29, 0.717) is 11.7 Å². The van der Waals surface area contributed by atoms with Gasteiger partial charge in [0, 0.05) is 12.7 Å². The van der Waals surface area contributed by atoms with Gasteiger partial charge in [-0.3, -0.25) is 15.4 Å². The number of nitrogens with one attached hydrogen (secondary N) is 1. The molecule has 0 aliphatic rings. The molecule has 7 heteroatoms. The van der Waals surface area contributed by atoms with Gasteiger partial charge < -0.3 is 12.6 Å². The first-order chi connectivity index (χ1) is 7.83. The molecule has 0 amide bonds. The molecule has 0 saturated heterocycles.